The fourth-order valence-corrected chi connectivity index (χ4v) is 2.36. The van der Waals surface area contributed by atoms with Gasteiger partial charge in [0, 0.05) is 25.1 Å². The van der Waals surface area contributed by atoms with Gasteiger partial charge in [-0.3, -0.25) is 4.79 Å². The van der Waals surface area contributed by atoms with Crippen LogP contribution in [-0.4, -0.2) is 37.2 Å². The molecule has 0 spiro atoms. The number of carbonyl (C=O) groups is 1. The number of aromatic nitrogens is 5. The number of carbonyl (C=O) groups excluding carboxylic acids is 1. The molecule has 0 atom stereocenters. The zero-order valence-corrected chi connectivity index (χ0v) is 14.0. The smallest absolute Gasteiger partial charge is 0.351 e. The van der Waals surface area contributed by atoms with Gasteiger partial charge in [-0.25, -0.2) is 9.50 Å². The number of halogens is 3. The van der Waals surface area contributed by atoms with Gasteiger partial charge in [-0.1, -0.05) is 12.1 Å². The number of fused-ring (bicyclic) bond motifs is 1. The van der Waals surface area contributed by atoms with Crippen molar-refractivity contribution >= 4 is 11.6 Å². The van der Waals surface area contributed by atoms with Crippen molar-refractivity contribution in [2.24, 2.45) is 0 Å². The first-order chi connectivity index (χ1) is 12.3. The lowest BCUT2D eigenvalue weighted by molar-refractivity contribution is -0.142. The molecule has 3 rings (SSSR count). The minimum absolute atomic E-state index is 0.0402. The molecule has 1 N–H and O–H groups in total. The van der Waals surface area contributed by atoms with Gasteiger partial charge in [-0.15, -0.1) is 0 Å². The predicted octanol–water partition coefficient (Wildman–Crippen LogP) is 1.97. The molecule has 3 aromatic heterocycles. The Bertz CT molecular complexity index is 947. The van der Waals surface area contributed by atoms with Gasteiger partial charge in [-0.2, -0.15) is 23.3 Å². The number of hydrogen-bond acceptors (Lipinski definition) is 6. The van der Waals surface area contributed by atoms with Crippen LogP contribution in [-0.2, 0) is 19.0 Å². The first kappa shape index (κ1) is 17.8. The maximum atomic E-state index is 13.1. The maximum Gasteiger partial charge on any atom is 0.433 e. The van der Waals surface area contributed by atoms with Gasteiger partial charge in [-0.05, 0) is 13.0 Å². The van der Waals surface area contributed by atoms with E-state index < -0.39 is 17.8 Å². The lowest BCUT2D eigenvalue weighted by atomic mass is 10.2. The molecule has 0 aliphatic rings. The second-order valence-corrected chi connectivity index (χ2v) is 5.54. The zero-order chi connectivity index (χ0) is 18.9. The lowest BCUT2D eigenvalue weighted by Gasteiger charge is -2.09. The minimum atomic E-state index is -4.61. The summed E-state index contributed by atoms with van der Waals surface area (Å²) >= 11 is 0. The van der Waals surface area contributed by atoms with E-state index in [-0.39, 0.29) is 23.4 Å². The molecule has 0 saturated heterocycles. The molecule has 1 amide bonds. The molecule has 0 aromatic carbocycles. The monoisotopic (exact) mass is 368 g/mol. The highest BCUT2D eigenvalue weighted by molar-refractivity contribution is 5.99. The summed E-state index contributed by atoms with van der Waals surface area (Å²) in [4.78, 5) is 20.4. The summed E-state index contributed by atoms with van der Waals surface area (Å²) in [6, 6.07) is 0.878. The van der Waals surface area contributed by atoms with Crippen molar-refractivity contribution in [3.63, 3.8) is 0 Å². The SMILES string of the molecule is CCc1nc(CCNC(=O)c2cnn3c(C(F)(F)F)cc(C)nc23)no1. The Morgan fingerprint density at radius 1 is 1.35 bits per heavy atom. The van der Waals surface area contributed by atoms with E-state index in [0.29, 0.717) is 29.1 Å². The van der Waals surface area contributed by atoms with E-state index in [1.165, 1.54) is 6.92 Å². The number of amides is 1. The average Bonchev–Trinajstić information content (AvgIpc) is 3.19. The Labute approximate surface area is 145 Å². The molecule has 0 unspecified atom stereocenters. The van der Waals surface area contributed by atoms with Gasteiger partial charge in [0.2, 0.25) is 5.89 Å². The summed E-state index contributed by atoms with van der Waals surface area (Å²) in [7, 11) is 0. The predicted molar refractivity (Wildman–Crippen MR) is 82.4 cm³/mol. The topological polar surface area (TPSA) is 98.2 Å². The largest absolute Gasteiger partial charge is 0.433 e. The van der Waals surface area contributed by atoms with E-state index in [9.17, 15) is 18.0 Å². The molecule has 138 valence electrons. The Kier molecular flexibility index (Phi) is 4.62. The molecule has 3 aromatic rings. The second-order valence-electron chi connectivity index (χ2n) is 5.54. The lowest BCUT2D eigenvalue weighted by Crippen LogP contribution is -2.26. The Hall–Kier alpha value is -2.98. The Balaban J connectivity index is 1.77. The third-order valence-electron chi connectivity index (χ3n) is 3.58. The molecule has 11 heteroatoms. The van der Waals surface area contributed by atoms with Gasteiger partial charge in [0.05, 0.1) is 6.20 Å². The number of aryl methyl sites for hydroxylation is 2. The fourth-order valence-electron chi connectivity index (χ4n) is 2.36. The molecule has 3 heterocycles. The highest BCUT2D eigenvalue weighted by atomic mass is 19.4. The van der Waals surface area contributed by atoms with Crippen LogP contribution in [0.4, 0.5) is 13.2 Å². The van der Waals surface area contributed by atoms with E-state index in [1.807, 2.05) is 6.92 Å². The van der Waals surface area contributed by atoms with Crippen LogP contribution in [0.25, 0.3) is 5.65 Å². The molecule has 8 nitrogen and oxygen atoms in total. The highest BCUT2D eigenvalue weighted by Gasteiger charge is 2.35. The number of nitrogens with zero attached hydrogens (tertiary/aromatic N) is 5. The third-order valence-corrected chi connectivity index (χ3v) is 3.58. The quantitative estimate of drug-likeness (QED) is 0.739. The summed E-state index contributed by atoms with van der Waals surface area (Å²) in [5, 5.41) is 10.0. The summed E-state index contributed by atoms with van der Waals surface area (Å²) in [5.41, 5.74) is -1.04. The fraction of sp³-hybridized carbons (Fsp3) is 0.400. The van der Waals surface area contributed by atoms with Gasteiger partial charge < -0.3 is 9.84 Å². The molecule has 0 saturated carbocycles. The van der Waals surface area contributed by atoms with Crippen LogP contribution in [0.15, 0.2) is 16.8 Å². The van der Waals surface area contributed by atoms with Crippen LogP contribution in [0.1, 0.15) is 40.4 Å². The maximum absolute atomic E-state index is 13.1. The van der Waals surface area contributed by atoms with E-state index >= 15 is 0 Å². The highest BCUT2D eigenvalue weighted by Crippen LogP contribution is 2.30. The number of hydrogen-bond donors (Lipinski definition) is 1. The summed E-state index contributed by atoms with van der Waals surface area (Å²) in [5.74, 6) is 0.356. The van der Waals surface area contributed by atoms with Gasteiger partial charge in [0.1, 0.15) is 11.3 Å². The second kappa shape index (κ2) is 6.73. The van der Waals surface area contributed by atoms with E-state index in [4.69, 9.17) is 4.52 Å². The van der Waals surface area contributed by atoms with E-state index in [2.05, 4.69) is 25.5 Å². The third kappa shape index (κ3) is 3.51. The van der Waals surface area contributed by atoms with Crippen molar-refractivity contribution in [1.29, 1.82) is 0 Å². The summed E-state index contributed by atoms with van der Waals surface area (Å²) in [6.45, 7) is 3.48. The molecular weight excluding hydrogens is 353 g/mol. The Morgan fingerprint density at radius 3 is 2.77 bits per heavy atom. The molecule has 26 heavy (non-hydrogen) atoms. The van der Waals surface area contributed by atoms with Crippen molar-refractivity contribution in [2.75, 3.05) is 6.54 Å². The molecule has 0 radical (unpaired) electrons. The van der Waals surface area contributed by atoms with Gasteiger partial charge in [0.25, 0.3) is 5.91 Å². The zero-order valence-electron chi connectivity index (χ0n) is 14.0. The van der Waals surface area contributed by atoms with Crippen molar-refractivity contribution in [2.45, 2.75) is 32.9 Å². The normalized spacial score (nSPS) is 11.9. The first-order valence-corrected chi connectivity index (χ1v) is 7.82. The van der Waals surface area contributed by atoms with Crippen LogP contribution < -0.4 is 5.32 Å². The van der Waals surface area contributed by atoms with Crippen molar-refractivity contribution < 1.29 is 22.5 Å². The van der Waals surface area contributed by atoms with E-state index in [0.717, 1.165) is 12.3 Å². The van der Waals surface area contributed by atoms with Gasteiger partial charge >= 0.3 is 6.18 Å². The van der Waals surface area contributed by atoms with Crippen molar-refractivity contribution in [3.8, 4) is 0 Å². The van der Waals surface area contributed by atoms with Crippen LogP contribution in [0.5, 0.6) is 0 Å². The van der Waals surface area contributed by atoms with Crippen molar-refractivity contribution in [1.82, 2.24) is 30.1 Å². The molecule has 0 fully saturated rings. The average molecular weight is 368 g/mol. The van der Waals surface area contributed by atoms with Crippen LogP contribution in [0.2, 0.25) is 0 Å². The number of nitrogens with one attached hydrogen (secondary N) is 1. The van der Waals surface area contributed by atoms with Crippen LogP contribution in [0.3, 0.4) is 0 Å². The molecule has 0 bridgehead atoms. The summed E-state index contributed by atoms with van der Waals surface area (Å²) < 4.78 is 44.9. The first-order valence-electron chi connectivity index (χ1n) is 7.82. The minimum Gasteiger partial charge on any atom is -0.351 e. The van der Waals surface area contributed by atoms with Crippen molar-refractivity contribution in [3.05, 3.63) is 40.9 Å². The molecule has 0 aliphatic carbocycles. The molecule has 0 aliphatic heterocycles. The number of rotatable bonds is 5. The van der Waals surface area contributed by atoms with Crippen LogP contribution >= 0.6 is 0 Å². The summed E-state index contributed by atoms with van der Waals surface area (Å²) in [6.07, 6.45) is -2.61. The van der Waals surface area contributed by atoms with E-state index in [1.54, 1.807) is 0 Å². The standard InChI is InChI=1S/C15H15F3N6O2/c1-3-12-22-11(23-26-12)4-5-19-14(25)9-7-20-24-10(15(16,17)18)6-8(2)21-13(9)24/h6-7H,3-5H2,1-2H3,(H,19,25). The van der Waals surface area contributed by atoms with Gasteiger partial charge in [0.15, 0.2) is 11.5 Å². The number of alkyl halides is 3. The Morgan fingerprint density at radius 2 is 2.12 bits per heavy atom. The molecular formula is C15H15F3N6O2. The van der Waals surface area contributed by atoms with Crippen LogP contribution in [0, 0.1) is 6.92 Å².